The highest BCUT2D eigenvalue weighted by Crippen LogP contribution is 2.35. The number of carbonyl (C=O) groups excluding carboxylic acids is 1. The molecule has 7 nitrogen and oxygen atoms in total. The molecule has 0 aliphatic carbocycles. The number of carboxylic acid groups (broad SMARTS) is 1. The fraction of sp³-hybridized carbons (Fsp3) is 0.536. The summed E-state index contributed by atoms with van der Waals surface area (Å²) in [5.41, 5.74) is 4.52. The van der Waals surface area contributed by atoms with Gasteiger partial charge < -0.3 is 20.1 Å². The maximum absolute atomic E-state index is 12.9. The van der Waals surface area contributed by atoms with Gasteiger partial charge in [0.05, 0.1) is 13.0 Å². The van der Waals surface area contributed by atoms with Crippen molar-refractivity contribution in [3.05, 3.63) is 52.7 Å². The van der Waals surface area contributed by atoms with Gasteiger partial charge in [-0.2, -0.15) is 0 Å². The Morgan fingerprint density at radius 1 is 1.14 bits per heavy atom. The molecule has 0 radical (unpaired) electrons. The maximum atomic E-state index is 12.9. The third-order valence-electron chi connectivity index (χ3n) is 7.74. The first-order chi connectivity index (χ1) is 17.0. The average Bonchev–Trinajstić information content (AvgIpc) is 3.35. The summed E-state index contributed by atoms with van der Waals surface area (Å²) < 4.78 is 5.61. The highest BCUT2D eigenvalue weighted by molar-refractivity contribution is 5.76. The van der Waals surface area contributed by atoms with Crippen LogP contribution in [0.3, 0.4) is 0 Å². The number of carbonyl (C=O) groups is 2. The second-order valence-corrected chi connectivity index (χ2v) is 10.2. The number of amides is 1. The van der Waals surface area contributed by atoms with Crippen molar-refractivity contribution in [1.82, 2.24) is 9.88 Å². The molecule has 3 aliphatic heterocycles. The monoisotopic (exact) mass is 477 g/mol. The standard InChI is InChI=1S/C28H35N3O4/c32-26(8-6-24-5-3-20-2-1-12-29-28(20)30-24)31-13-9-19(10-14-31)16-23(18-27(33)34)21-4-7-25-22(17-21)11-15-35-25/h3-5,7,17,19,23H,1-2,6,8-16,18H2,(H,29,30)(H,33,34). The zero-order valence-corrected chi connectivity index (χ0v) is 20.3. The van der Waals surface area contributed by atoms with Crippen LogP contribution in [0.4, 0.5) is 5.82 Å². The lowest BCUT2D eigenvalue weighted by Gasteiger charge is -2.34. The van der Waals surface area contributed by atoms with Gasteiger partial charge in [-0.3, -0.25) is 9.59 Å². The van der Waals surface area contributed by atoms with Crippen molar-refractivity contribution in [3.8, 4) is 5.75 Å². The molecule has 3 aliphatic rings. The Bertz CT molecular complexity index is 1080. The van der Waals surface area contributed by atoms with Gasteiger partial charge in [-0.1, -0.05) is 18.2 Å². The summed E-state index contributed by atoms with van der Waals surface area (Å²) >= 11 is 0. The van der Waals surface area contributed by atoms with E-state index in [0.29, 0.717) is 25.4 Å². The molecule has 4 heterocycles. The number of anilines is 1. The highest BCUT2D eigenvalue weighted by Gasteiger charge is 2.27. The molecule has 186 valence electrons. The fourth-order valence-corrected chi connectivity index (χ4v) is 5.73. The Hall–Kier alpha value is -3.09. The number of aromatic nitrogens is 1. The van der Waals surface area contributed by atoms with Crippen LogP contribution in [0.15, 0.2) is 30.3 Å². The number of carboxylic acids is 1. The number of nitrogens with zero attached hydrogens (tertiary/aromatic N) is 2. The van der Waals surface area contributed by atoms with Crippen LogP contribution in [0.25, 0.3) is 0 Å². The first-order valence-electron chi connectivity index (χ1n) is 13.0. The lowest BCUT2D eigenvalue weighted by atomic mass is 9.81. The van der Waals surface area contributed by atoms with Crippen LogP contribution in [-0.4, -0.2) is 53.1 Å². The van der Waals surface area contributed by atoms with Gasteiger partial charge in [-0.15, -0.1) is 0 Å². The molecular weight excluding hydrogens is 442 g/mol. The molecule has 0 bridgehead atoms. The summed E-state index contributed by atoms with van der Waals surface area (Å²) in [6, 6.07) is 10.3. The number of benzene rings is 1. The van der Waals surface area contributed by atoms with E-state index in [1.165, 1.54) is 11.1 Å². The molecule has 0 spiro atoms. The highest BCUT2D eigenvalue weighted by atomic mass is 16.5. The van der Waals surface area contributed by atoms with Gasteiger partial charge in [0.25, 0.3) is 0 Å². The minimum Gasteiger partial charge on any atom is -0.493 e. The summed E-state index contributed by atoms with van der Waals surface area (Å²) in [7, 11) is 0. The van der Waals surface area contributed by atoms with Crippen LogP contribution in [0.5, 0.6) is 5.75 Å². The number of hydrogen-bond donors (Lipinski definition) is 2. The Morgan fingerprint density at radius 3 is 2.83 bits per heavy atom. The molecule has 1 saturated heterocycles. The van der Waals surface area contributed by atoms with Crippen molar-refractivity contribution in [1.29, 1.82) is 0 Å². The molecule has 1 fully saturated rings. The Morgan fingerprint density at radius 2 is 2.00 bits per heavy atom. The predicted molar refractivity (Wildman–Crippen MR) is 134 cm³/mol. The summed E-state index contributed by atoms with van der Waals surface area (Å²) in [6.45, 7) is 3.17. The van der Waals surface area contributed by atoms with Gasteiger partial charge in [-0.25, -0.2) is 4.98 Å². The lowest BCUT2D eigenvalue weighted by Crippen LogP contribution is -2.39. The summed E-state index contributed by atoms with van der Waals surface area (Å²) in [4.78, 5) is 31.1. The van der Waals surface area contributed by atoms with Crippen molar-refractivity contribution in [2.75, 3.05) is 31.6 Å². The second-order valence-electron chi connectivity index (χ2n) is 10.2. The Balaban J connectivity index is 1.12. The Labute approximate surface area is 206 Å². The number of rotatable bonds is 8. The van der Waals surface area contributed by atoms with E-state index >= 15 is 0 Å². The molecule has 35 heavy (non-hydrogen) atoms. The van der Waals surface area contributed by atoms with E-state index in [9.17, 15) is 14.7 Å². The number of nitrogens with one attached hydrogen (secondary N) is 1. The zero-order valence-electron chi connectivity index (χ0n) is 20.3. The molecule has 1 unspecified atom stereocenters. The van der Waals surface area contributed by atoms with E-state index < -0.39 is 5.97 Å². The first-order valence-corrected chi connectivity index (χ1v) is 13.0. The molecule has 2 aromatic rings. The largest absolute Gasteiger partial charge is 0.493 e. The molecule has 0 saturated carbocycles. The van der Waals surface area contributed by atoms with Gasteiger partial charge in [0.1, 0.15) is 11.6 Å². The maximum Gasteiger partial charge on any atom is 0.303 e. The van der Waals surface area contributed by atoms with Crippen molar-refractivity contribution < 1.29 is 19.4 Å². The van der Waals surface area contributed by atoms with E-state index in [2.05, 4.69) is 23.5 Å². The van der Waals surface area contributed by atoms with Crippen molar-refractivity contribution in [3.63, 3.8) is 0 Å². The smallest absolute Gasteiger partial charge is 0.303 e. The molecule has 5 rings (SSSR count). The van der Waals surface area contributed by atoms with Crippen LogP contribution in [0.1, 0.15) is 66.8 Å². The number of fused-ring (bicyclic) bond motifs is 2. The first kappa shape index (κ1) is 23.6. The van der Waals surface area contributed by atoms with E-state index in [0.717, 1.165) is 81.0 Å². The molecule has 1 atom stereocenters. The molecule has 1 aromatic carbocycles. The van der Waals surface area contributed by atoms with Gasteiger partial charge >= 0.3 is 5.97 Å². The average molecular weight is 478 g/mol. The van der Waals surface area contributed by atoms with Gasteiger partial charge in [0.2, 0.25) is 5.91 Å². The van der Waals surface area contributed by atoms with Gasteiger partial charge in [-0.05, 0) is 79.2 Å². The van der Waals surface area contributed by atoms with E-state index in [4.69, 9.17) is 9.72 Å². The van der Waals surface area contributed by atoms with Crippen LogP contribution in [-0.2, 0) is 28.9 Å². The lowest BCUT2D eigenvalue weighted by molar-refractivity contribution is -0.137. The van der Waals surface area contributed by atoms with Gasteiger partial charge in [0, 0.05) is 38.2 Å². The second kappa shape index (κ2) is 10.7. The predicted octanol–water partition coefficient (Wildman–Crippen LogP) is 4.19. The molecule has 1 aromatic heterocycles. The number of hydrogen-bond acceptors (Lipinski definition) is 5. The quantitative estimate of drug-likeness (QED) is 0.592. The van der Waals surface area contributed by atoms with Crippen LogP contribution in [0.2, 0.25) is 0 Å². The Kier molecular flexibility index (Phi) is 7.21. The normalized spacial score (nSPS) is 18.2. The summed E-state index contributed by atoms with van der Waals surface area (Å²) in [5.74, 6) is 1.77. The van der Waals surface area contributed by atoms with Crippen LogP contribution in [0, 0.1) is 5.92 Å². The fourth-order valence-electron chi connectivity index (χ4n) is 5.73. The minimum atomic E-state index is -0.759. The molecule has 2 N–H and O–H groups in total. The summed E-state index contributed by atoms with van der Waals surface area (Å²) in [6.07, 6.45) is 7.08. The number of piperidine rings is 1. The number of ether oxygens (including phenoxy) is 1. The minimum absolute atomic E-state index is 0.00524. The topological polar surface area (TPSA) is 91.8 Å². The van der Waals surface area contributed by atoms with E-state index in [1.54, 1.807) is 0 Å². The number of aliphatic carboxylic acids is 1. The summed E-state index contributed by atoms with van der Waals surface area (Å²) in [5, 5.41) is 12.9. The zero-order chi connectivity index (χ0) is 24.2. The van der Waals surface area contributed by atoms with Crippen LogP contribution < -0.4 is 10.1 Å². The molecular formula is C28H35N3O4. The van der Waals surface area contributed by atoms with E-state index in [1.807, 2.05) is 17.0 Å². The van der Waals surface area contributed by atoms with Crippen LogP contribution >= 0.6 is 0 Å². The van der Waals surface area contributed by atoms with Crippen molar-refractivity contribution >= 4 is 17.7 Å². The van der Waals surface area contributed by atoms with Crippen molar-refractivity contribution in [2.24, 2.45) is 5.92 Å². The third kappa shape index (κ3) is 5.77. The molecule has 7 heteroatoms. The number of aryl methyl sites for hydroxylation is 2. The van der Waals surface area contributed by atoms with Crippen molar-refractivity contribution in [2.45, 2.75) is 63.7 Å². The number of likely N-dealkylation sites (tertiary alicyclic amines) is 1. The SMILES string of the molecule is O=C(O)CC(CC1CCN(C(=O)CCc2ccc3c(n2)NCCC3)CC1)c1ccc2c(c1)CCO2. The number of pyridine rings is 1. The molecule has 1 amide bonds. The third-order valence-corrected chi connectivity index (χ3v) is 7.74. The van der Waals surface area contributed by atoms with Gasteiger partial charge in [0.15, 0.2) is 0 Å². The van der Waals surface area contributed by atoms with E-state index in [-0.39, 0.29) is 18.2 Å².